The van der Waals surface area contributed by atoms with E-state index in [1.54, 1.807) is 18.6 Å². The number of anilines is 1. The molecule has 0 unspecified atom stereocenters. The van der Waals surface area contributed by atoms with E-state index in [-0.39, 0.29) is 12.1 Å². The average molecular weight is 351 g/mol. The maximum Gasteiger partial charge on any atom is 0.321 e. The second-order valence-electron chi connectivity index (χ2n) is 6.46. The molecule has 1 aliphatic heterocycles. The number of carbonyl (C=O) groups is 1. The minimum absolute atomic E-state index is 0.0759. The number of aromatic nitrogens is 3. The van der Waals surface area contributed by atoms with Crippen LogP contribution < -0.4 is 10.1 Å². The van der Waals surface area contributed by atoms with Gasteiger partial charge in [-0.3, -0.25) is 9.67 Å². The number of piperidine rings is 1. The number of fused-ring (bicyclic) bond motifs is 1. The van der Waals surface area contributed by atoms with Gasteiger partial charge in [-0.15, -0.1) is 0 Å². The Labute approximate surface area is 151 Å². The molecule has 4 rings (SSSR count). The molecule has 134 valence electrons. The number of ether oxygens (including phenoxy) is 1. The van der Waals surface area contributed by atoms with Gasteiger partial charge in [0, 0.05) is 50.2 Å². The number of likely N-dealkylation sites (tertiary alicyclic amines) is 1. The number of pyridine rings is 1. The van der Waals surface area contributed by atoms with Crippen LogP contribution in [0.2, 0.25) is 0 Å². The van der Waals surface area contributed by atoms with Crippen molar-refractivity contribution in [1.29, 1.82) is 0 Å². The standard InChI is InChI=1S/C19H21N5O2/c1-23-18-5-4-15(11-14(18)12-21-23)22-19(25)24-9-6-16(7-10-24)26-17-3-2-8-20-13-17/h2-5,8,11-13,16H,6-7,9-10H2,1H3,(H,22,25). The molecule has 0 aliphatic carbocycles. The van der Waals surface area contributed by atoms with Crippen molar-refractivity contribution in [3.63, 3.8) is 0 Å². The number of rotatable bonds is 3. The minimum atomic E-state index is -0.0759. The summed E-state index contributed by atoms with van der Waals surface area (Å²) in [5.41, 5.74) is 1.82. The zero-order chi connectivity index (χ0) is 17.9. The summed E-state index contributed by atoms with van der Waals surface area (Å²) in [6.45, 7) is 1.35. The van der Waals surface area contributed by atoms with Crippen LogP contribution in [0, 0.1) is 0 Å². The number of aryl methyl sites for hydroxylation is 1. The normalized spacial score (nSPS) is 15.2. The van der Waals surface area contributed by atoms with Crippen LogP contribution >= 0.6 is 0 Å². The highest BCUT2D eigenvalue weighted by Crippen LogP contribution is 2.21. The highest BCUT2D eigenvalue weighted by molar-refractivity contribution is 5.92. The second kappa shape index (κ2) is 7.03. The summed E-state index contributed by atoms with van der Waals surface area (Å²) in [6, 6.07) is 9.50. The number of hydrogen-bond donors (Lipinski definition) is 1. The molecular formula is C19H21N5O2. The summed E-state index contributed by atoms with van der Waals surface area (Å²) in [5.74, 6) is 0.778. The number of nitrogens with one attached hydrogen (secondary N) is 1. The molecule has 1 aromatic carbocycles. The van der Waals surface area contributed by atoms with Gasteiger partial charge < -0.3 is 15.0 Å². The Hall–Kier alpha value is -3.09. The maximum atomic E-state index is 12.5. The molecule has 2 amide bonds. The molecule has 1 N–H and O–H groups in total. The minimum Gasteiger partial charge on any atom is -0.489 e. The summed E-state index contributed by atoms with van der Waals surface area (Å²) in [5, 5.41) is 8.21. The van der Waals surface area contributed by atoms with Crippen LogP contribution in [0.25, 0.3) is 10.9 Å². The smallest absolute Gasteiger partial charge is 0.321 e. The lowest BCUT2D eigenvalue weighted by Gasteiger charge is -2.32. The third-order valence-electron chi connectivity index (χ3n) is 4.66. The molecule has 1 fully saturated rings. The molecule has 0 radical (unpaired) electrons. The van der Waals surface area contributed by atoms with E-state index < -0.39 is 0 Å². The van der Waals surface area contributed by atoms with Crippen LogP contribution in [0.5, 0.6) is 5.75 Å². The number of nitrogens with zero attached hydrogens (tertiary/aromatic N) is 4. The van der Waals surface area contributed by atoms with Gasteiger partial charge >= 0.3 is 6.03 Å². The molecule has 0 saturated carbocycles. The first-order valence-corrected chi connectivity index (χ1v) is 8.73. The van der Waals surface area contributed by atoms with Gasteiger partial charge in [0.05, 0.1) is 17.9 Å². The van der Waals surface area contributed by atoms with Gasteiger partial charge in [-0.2, -0.15) is 5.10 Å². The van der Waals surface area contributed by atoms with E-state index in [9.17, 15) is 4.79 Å². The summed E-state index contributed by atoms with van der Waals surface area (Å²) in [4.78, 5) is 18.4. The predicted molar refractivity (Wildman–Crippen MR) is 99.2 cm³/mol. The summed E-state index contributed by atoms with van der Waals surface area (Å²) >= 11 is 0. The first-order chi connectivity index (χ1) is 12.7. The Bertz CT molecular complexity index is 901. The molecule has 1 saturated heterocycles. The lowest BCUT2D eigenvalue weighted by atomic mass is 10.1. The highest BCUT2D eigenvalue weighted by Gasteiger charge is 2.24. The van der Waals surface area contributed by atoms with E-state index in [1.807, 2.05) is 47.0 Å². The fourth-order valence-electron chi connectivity index (χ4n) is 3.23. The topological polar surface area (TPSA) is 72.3 Å². The molecule has 3 aromatic rings. The van der Waals surface area contributed by atoms with Crippen LogP contribution in [-0.2, 0) is 7.05 Å². The Balaban J connectivity index is 1.32. The maximum absolute atomic E-state index is 12.5. The molecule has 2 aromatic heterocycles. The van der Waals surface area contributed by atoms with Crippen molar-refractivity contribution in [2.45, 2.75) is 18.9 Å². The second-order valence-corrected chi connectivity index (χ2v) is 6.46. The van der Waals surface area contributed by atoms with Crippen molar-refractivity contribution in [3.05, 3.63) is 48.9 Å². The van der Waals surface area contributed by atoms with E-state index in [1.165, 1.54) is 0 Å². The quantitative estimate of drug-likeness (QED) is 0.787. The largest absolute Gasteiger partial charge is 0.489 e. The van der Waals surface area contributed by atoms with E-state index in [0.29, 0.717) is 13.1 Å². The SMILES string of the molecule is Cn1ncc2cc(NC(=O)N3CCC(Oc4cccnc4)CC3)ccc21. The van der Waals surface area contributed by atoms with E-state index in [0.717, 1.165) is 35.2 Å². The fourth-order valence-corrected chi connectivity index (χ4v) is 3.23. The molecule has 7 nitrogen and oxygen atoms in total. The van der Waals surface area contributed by atoms with Gasteiger partial charge in [-0.1, -0.05) is 0 Å². The first kappa shape index (κ1) is 16.4. The van der Waals surface area contributed by atoms with Gasteiger partial charge in [-0.25, -0.2) is 4.79 Å². The van der Waals surface area contributed by atoms with Gasteiger partial charge in [0.2, 0.25) is 0 Å². The van der Waals surface area contributed by atoms with E-state index in [2.05, 4.69) is 15.4 Å². The van der Waals surface area contributed by atoms with Crippen molar-refractivity contribution in [2.24, 2.45) is 7.05 Å². The Kier molecular flexibility index (Phi) is 4.43. The zero-order valence-electron chi connectivity index (χ0n) is 14.6. The Morgan fingerprint density at radius 3 is 2.85 bits per heavy atom. The van der Waals surface area contributed by atoms with Crippen molar-refractivity contribution >= 4 is 22.6 Å². The van der Waals surface area contributed by atoms with Crippen molar-refractivity contribution in [3.8, 4) is 5.75 Å². The summed E-state index contributed by atoms with van der Waals surface area (Å²) < 4.78 is 7.74. The van der Waals surface area contributed by atoms with Gasteiger partial charge in [0.15, 0.2) is 0 Å². The first-order valence-electron chi connectivity index (χ1n) is 8.73. The van der Waals surface area contributed by atoms with Crippen LogP contribution in [-0.4, -0.2) is 44.9 Å². The third-order valence-corrected chi connectivity index (χ3v) is 4.66. The predicted octanol–water partition coefficient (Wildman–Crippen LogP) is 3.04. The Morgan fingerprint density at radius 1 is 1.23 bits per heavy atom. The van der Waals surface area contributed by atoms with Crippen LogP contribution in [0.15, 0.2) is 48.9 Å². The Morgan fingerprint density at radius 2 is 2.08 bits per heavy atom. The van der Waals surface area contributed by atoms with Gasteiger partial charge in [0.1, 0.15) is 11.9 Å². The van der Waals surface area contributed by atoms with Crippen molar-refractivity contribution in [1.82, 2.24) is 19.7 Å². The van der Waals surface area contributed by atoms with Gasteiger partial charge in [0.25, 0.3) is 0 Å². The monoisotopic (exact) mass is 351 g/mol. The molecule has 1 aliphatic rings. The lowest BCUT2D eigenvalue weighted by Crippen LogP contribution is -2.43. The van der Waals surface area contributed by atoms with Gasteiger partial charge in [-0.05, 0) is 30.3 Å². The van der Waals surface area contributed by atoms with E-state index >= 15 is 0 Å². The molecule has 0 bridgehead atoms. The lowest BCUT2D eigenvalue weighted by molar-refractivity contribution is 0.115. The molecule has 26 heavy (non-hydrogen) atoms. The number of hydrogen-bond acceptors (Lipinski definition) is 4. The van der Waals surface area contributed by atoms with Crippen molar-refractivity contribution in [2.75, 3.05) is 18.4 Å². The molecule has 0 spiro atoms. The average Bonchev–Trinajstić information content (AvgIpc) is 3.03. The van der Waals surface area contributed by atoms with E-state index in [4.69, 9.17) is 4.74 Å². The fraction of sp³-hybridized carbons (Fsp3) is 0.316. The highest BCUT2D eigenvalue weighted by atomic mass is 16.5. The molecule has 0 atom stereocenters. The van der Waals surface area contributed by atoms with Crippen LogP contribution in [0.3, 0.4) is 0 Å². The molecular weight excluding hydrogens is 330 g/mol. The van der Waals surface area contributed by atoms with Crippen LogP contribution in [0.4, 0.5) is 10.5 Å². The number of urea groups is 1. The number of benzene rings is 1. The van der Waals surface area contributed by atoms with Crippen LogP contribution in [0.1, 0.15) is 12.8 Å². The zero-order valence-corrected chi connectivity index (χ0v) is 14.6. The summed E-state index contributed by atoms with van der Waals surface area (Å²) in [7, 11) is 1.90. The van der Waals surface area contributed by atoms with Crippen molar-refractivity contribution < 1.29 is 9.53 Å². The number of carbonyl (C=O) groups excluding carboxylic acids is 1. The molecule has 3 heterocycles. The summed E-state index contributed by atoms with van der Waals surface area (Å²) in [6.07, 6.45) is 6.98. The number of amides is 2. The third kappa shape index (κ3) is 3.46. The molecule has 7 heteroatoms.